The van der Waals surface area contributed by atoms with Crippen LogP contribution in [0.3, 0.4) is 0 Å². The van der Waals surface area contributed by atoms with Gasteiger partial charge < -0.3 is 9.47 Å². The predicted molar refractivity (Wildman–Crippen MR) is 73.7 cm³/mol. The molecular weight excluding hydrogens is 346 g/mol. The third-order valence-electron chi connectivity index (χ3n) is 2.93. The van der Waals surface area contributed by atoms with Gasteiger partial charge >= 0.3 is 5.97 Å². The van der Waals surface area contributed by atoms with Gasteiger partial charge in [-0.2, -0.15) is 0 Å². The summed E-state index contributed by atoms with van der Waals surface area (Å²) >= 11 is 5.70. The Labute approximate surface area is 130 Å². The summed E-state index contributed by atoms with van der Waals surface area (Å²) in [6, 6.07) is 1.84. The molecule has 1 aliphatic rings. The molecule has 0 amide bonds. The fourth-order valence-corrected chi connectivity index (χ4v) is 3.11. The van der Waals surface area contributed by atoms with Crippen molar-refractivity contribution in [3.63, 3.8) is 0 Å². The van der Waals surface area contributed by atoms with Crippen molar-refractivity contribution in [2.45, 2.75) is 23.8 Å². The van der Waals surface area contributed by atoms with E-state index in [9.17, 15) is 17.6 Å². The minimum absolute atomic E-state index is 0.130. The van der Waals surface area contributed by atoms with Crippen molar-refractivity contribution in [2.24, 2.45) is 0 Å². The van der Waals surface area contributed by atoms with E-state index in [2.05, 4.69) is 0 Å². The highest BCUT2D eigenvalue weighted by Gasteiger charge is 2.26. The Morgan fingerprint density at radius 2 is 1.95 bits per heavy atom. The van der Waals surface area contributed by atoms with Crippen LogP contribution >= 0.6 is 22.3 Å². The zero-order chi connectivity index (χ0) is 15.6. The first-order valence-electron chi connectivity index (χ1n) is 6.01. The molecule has 0 aliphatic carbocycles. The number of esters is 1. The van der Waals surface area contributed by atoms with E-state index < -0.39 is 37.4 Å². The molecule has 0 aromatic heterocycles. The molecule has 9 heteroatoms. The van der Waals surface area contributed by atoms with Crippen molar-refractivity contribution < 1.29 is 27.1 Å². The number of benzene rings is 1. The van der Waals surface area contributed by atoms with E-state index in [0.717, 1.165) is 12.1 Å². The number of rotatable bonds is 3. The molecule has 1 heterocycles. The number of hydrogen-bond acceptors (Lipinski definition) is 5. The summed E-state index contributed by atoms with van der Waals surface area (Å²) < 4.78 is 46.9. The second-order valence-electron chi connectivity index (χ2n) is 4.42. The summed E-state index contributed by atoms with van der Waals surface area (Å²) in [6.45, 7) is 0.883. The van der Waals surface area contributed by atoms with Crippen LogP contribution in [0.15, 0.2) is 17.0 Å². The molecule has 0 spiro atoms. The van der Waals surface area contributed by atoms with Crippen LogP contribution in [0.1, 0.15) is 23.2 Å². The lowest BCUT2D eigenvalue weighted by molar-refractivity contribution is -0.0162. The van der Waals surface area contributed by atoms with E-state index in [1.54, 1.807) is 0 Å². The molecule has 0 N–H and O–H groups in total. The fraction of sp³-hybridized carbons (Fsp3) is 0.417. The Morgan fingerprint density at radius 3 is 2.52 bits per heavy atom. The van der Waals surface area contributed by atoms with E-state index in [1.807, 2.05) is 0 Å². The standard InChI is InChI=1S/C12H11Cl2FO5S/c13-7-5-9(11(15)10(6-7)21(14,17)18)12(16)20-8-1-3-19-4-2-8/h5-6,8H,1-4H2. The second kappa shape index (κ2) is 6.48. The van der Waals surface area contributed by atoms with E-state index in [4.69, 9.17) is 31.8 Å². The normalized spacial score (nSPS) is 16.7. The molecule has 1 saturated heterocycles. The zero-order valence-corrected chi connectivity index (χ0v) is 13.0. The number of hydrogen-bond donors (Lipinski definition) is 0. The quantitative estimate of drug-likeness (QED) is 0.615. The first-order chi connectivity index (χ1) is 9.79. The van der Waals surface area contributed by atoms with Crippen LogP contribution in [0.2, 0.25) is 5.02 Å². The molecule has 0 radical (unpaired) electrons. The van der Waals surface area contributed by atoms with Gasteiger partial charge in [0.25, 0.3) is 9.05 Å². The Kier molecular flexibility index (Phi) is 5.08. The van der Waals surface area contributed by atoms with Gasteiger partial charge in [0.05, 0.1) is 18.8 Å². The first kappa shape index (κ1) is 16.5. The van der Waals surface area contributed by atoms with Crippen LogP contribution in [0.25, 0.3) is 0 Å². The van der Waals surface area contributed by atoms with Crippen molar-refractivity contribution in [1.82, 2.24) is 0 Å². The Hall–Kier alpha value is -0.890. The Morgan fingerprint density at radius 1 is 1.33 bits per heavy atom. The van der Waals surface area contributed by atoms with Gasteiger partial charge in [0.1, 0.15) is 11.0 Å². The summed E-state index contributed by atoms with van der Waals surface area (Å²) in [7, 11) is 0.749. The fourth-order valence-electron chi connectivity index (χ4n) is 1.90. The summed E-state index contributed by atoms with van der Waals surface area (Å²) in [6.07, 6.45) is 0.587. The molecule has 21 heavy (non-hydrogen) atoms. The molecule has 1 aliphatic heterocycles. The lowest BCUT2D eigenvalue weighted by atomic mass is 10.1. The van der Waals surface area contributed by atoms with Gasteiger partial charge in [0.15, 0.2) is 5.82 Å². The third kappa shape index (κ3) is 4.06. The van der Waals surface area contributed by atoms with Crippen LogP contribution in [0.4, 0.5) is 4.39 Å². The largest absolute Gasteiger partial charge is 0.459 e. The molecule has 0 saturated carbocycles. The minimum atomic E-state index is -4.36. The smallest absolute Gasteiger partial charge is 0.341 e. The van der Waals surface area contributed by atoms with Crippen LogP contribution in [0, 0.1) is 5.82 Å². The van der Waals surface area contributed by atoms with E-state index in [-0.39, 0.29) is 5.02 Å². The topological polar surface area (TPSA) is 69.7 Å². The average Bonchev–Trinajstić information content (AvgIpc) is 2.40. The van der Waals surface area contributed by atoms with Crippen molar-refractivity contribution in [3.05, 3.63) is 28.5 Å². The maximum atomic E-state index is 14.1. The monoisotopic (exact) mass is 356 g/mol. The van der Waals surface area contributed by atoms with E-state index in [0.29, 0.717) is 26.1 Å². The maximum absolute atomic E-state index is 14.1. The number of carbonyl (C=O) groups is 1. The van der Waals surface area contributed by atoms with Crippen LogP contribution in [-0.4, -0.2) is 33.7 Å². The predicted octanol–water partition coefficient (Wildman–Crippen LogP) is 2.74. The van der Waals surface area contributed by atoms with Crippen LogP contribution < -0.4 is 0 Å². The molecule has 2 rings (SSSR count). The number of carbonyl (C=O) groups excluding carboxylic acids is 1. The third-order valence-corrected chi connectivity index (χ3v) is 4.47. The Balaban J connectivity index is 2.30. The molecule has 1 aromatic carbocycles. The van der Waals surface area contributed by atoms with Crippen molar-refractivity contribution in [3.8, 4) is 0 Å². The minimum Gasteiger partial charge on any atom is -0.459 e. The first-order valence-corrected chi connectivity index (χ1v) is 8.70. The lowest BCUT2D eigenvalue weighted by Crippen LogP contribution is -2.26. The summed E-state index contributed by atoms with van der Waals surface area (Å²) in [5.41, 5.74) is -0.562. The molecule has 0 atom stereocenters. The van der Waals surface area contributed by atoms with Crippen molar-refractivity contribution in [1.29, 1.82) is 0 Å². The molecule has 116 valence electrons. The van der Waals surface area contributed by atoms with Gasteiger partial charge in [-0.1, -0.05) is 11.6 Å². The van der Waals surface area contributed by atoms with Gasteiger partial charge in [-0.25, -0.2) is 17.6 Å². The van der Waals surface area contributed by atoms with E-state index >= 15 is 0 Å². The zero-order valence-electron chi connectivity index (χ0n) is 10.6. The van der Waals surface area contributed by atoms with Crippen LogP contribution in [-0.2, 0) is 18.5 Å². The van der Waals surface area contributed by atoms with Crippen LogP contribution in [0.5, 0.6) is 0 Å². The van der Waals surface area contributed by atoms with Gasteiger partial charge in [0, 0.05) is 28.5 Å². The van der Waals surface area contributed by atoms with Gasteiger partial charge in [-0.3, -0.25) is 0 Å². The highest BCUT2D eigenvalue weighted by Crippen LogP contribution is 2.27. The van der Waals surface area contributed by atoms with Gasteiger partial charge in [0.2, 0.25) is 0 Å². The SMILES string of the molecule is O=C(OC1CCOCC1)c1cc(Cl)cc(S(=O)(=O)Cl)c1F. The van der Waals surface area contributed by atoms with Crippen molar-refractivity contribution >= 4 is 37.3 Å². The van der Waals surface area contributed by atoms with Crippen molar-refractivity contribution in [2.75, 3.05) is 13.2 Å². The summed E-state index contributed by atoms with van der Waals surface area (Å²) in [5.74, 6) is -2.25. The summed E-state index contributed by atoms with van der Waals surface area (Å²) in [5, 5.41) is -0.130. The highest BCUT2D eigenvalue weighted by molar-refractivity contribution is 8.13. The molecule has 0 bridgehead atoms. The molecule has 5 nitrogen and oxygen atoms in total. The number of ether oxygens (including phenoxy) is 2. The van der Waals surface area contributed by atoms with Gasteiger partial charge in [-0.05, 0) is 12.1 Å². The molecule has 1 aromatic rings. The molecule has 0 unspecified atom stereocenters. The van der Waals surface area contributed by atoms with Gasteiger partial charge in [-0.15, -0.1) is 0 Å². The highest BCUT2D eigenvalue weighted by atomic mass is 35.7. The van der Waals surface area contributed by atoms with E-state index in [1.165, 1.54) is 0 Å². The summed E-state index contributed by atoms with van der Waals surface area (Å²) in [4.78, 5) is 11.1. The number of halogens is 3. The molecular formula is C12H11Cl2FO5S. The molecule has 1 fully saturated rings. The lowest BCUT2D eigenvalue weighted by Gasteiger charge is -2.22. The second-order valence-corrected chi connectivity index (χ2v) is 7.39. The Bertz CT molecular complexity index is 656. The average molecular weight is 357 g/mol. The maximum Gasteiger partial charge on any atom is 0.341 e.